The van der Waals surface area contributed by atoms with Gasteiger partial charge in [0.05, 0.1) is 5.02 Å². The van der Waals surface area contributed by atoms with Crippen LogP contribution in [0.15, 0.2) is 5.38 Å². The quantitative estimate of drug-likeness (QED) is 0.813. The van der Waals surface area contributed by atoms with Crippen molar-refractivity contribution < 1.29 is 0 Å². The summed E-state index contributed by atoms with van der Waals surface area (Å²) in [5, 5.41) is 6.47. The van der Waals surface area contributed by atoms with Crippen molar-refractivity contribution in [2.24, 2.45) is 0 Å². The van der Waals surface area contributed by atoms with Crippen LogP contribution in [0.1, 0.15) is 30.7 Å². The Morgan fingerprint density at radius 3 is 2.77 bits per heavy atom. The minimum atomic E-state index is 0.568. The largest absolute Gasteiger partial charge is 0.309 e. The molecule has 0 saturated carbocycles. The lowest BCUT2D eigenvalue weighted by molar-refractivity contribution is 0.537. The fourth-order valence-corrected chi connectivity index (χ4v) is 2.20. The normalized spacial score (nSPS) is 13.2. The van der Waals surface area contributed by atoms with Crippen molar-refractivity contribution in [2.75, 3.05) is 0 Å². The Balaban J connectivity index is 2.50. The highest BCUT2D eigenvalue weighted by atomic mass is 35.5. The number of rotatable bonds is 4. The van der Waals surface area contributed by atoms with Gasteiger partial charge in [0.15, 0.2) is 0 Å². The molecule has 0 aliphatic heterocycles. The van der Waals surface area contributed by atoms with Gasteiger partial charge < -0.3 is 5.32 Å². The Bertz CT molecular complexity index is 270. The van der Waals surface area contributed by atoms with E-state index in [2.05, 4.69) is 24.5 Å². The van der Waals surface area contributed by atoms with Gasteiger partial charge in [0, 0.05) is 17.5 Å². The molecule has 1 heterocycles. The molecule has 1 N–H and O–H groups in total. The van der Waals surface area contributed by atoms with Crippen molar-refractivity contribution in [3.8, 4) is 0 Å². The fraction of sp³-hybridized carbons (Fsp3) is 0.600. The van der Waals surface area contributed by atoms with Crippen molar-refractivity contribution in [1.29, 1.82) is 0 Å². The van der Waals surface area contributed by atoms with Crippen molar-refractivity contribution in [2.45, 2.75) is 39.8 Å². The number of hydrogen-bond donors (Lipinski definition) is 1. The van der Waals surface area contributed by atoms with Gasteiger partial charge in [-0.1, -0.05) is 18.5 Å². The first-order valence-corrected chi connectivity index (χ1v) is 5.86. The molecule has 0 fully saturated rings. The Kier molecular flexibility index (Phi) is 4.23. The van der Waals surface area contributed by atoms with Crippen molar-refractivity contribution in [3.63, 3.8) is 0 Å². The minimum absolute atomic E-state index is 0.568. The first-order valence-electron chi connectivity index (χ1n) is 4.61. The van der Waals surface area contributed by atoms with Gasteiger partial charge in [0.1, 0.15) is 0 Å². The number of halogens is 1. The molecule has 1 nitrogen and oxygen atoms in total. The summed E-state index contributed by atoms with van der Waals surface area (Å²) >= 11 is 7.84. The highest BCUT2D eigenvalue weighted by Crippen LogP contribution is 2.26. The van der Waals surface area contributed by atoms with Crippen LogP contribution in [0.25, 0.3) is 0 Å². The fourth-order valence-electron chi connectivity index (χ4n) is 1.01. The van der Waals surface area contributed by atoms with Gasteiger partial charge in [-0.05, 0) is 31.2 Å². The van der Waals surface area contributed by atoms with Crippen molar-refractivity contribution in [1.82, 2.24) is 5.32 Å². The summed E-state index contributed by atoms with van der Waals surface area (Å²) in [6, 6.07) is 0.568. The van der Waals surface area contributed by atoms with E-state index in [4.69, 9.17) is 11.6 Å². The number of aryl methyl sites for hydroxylation is 1. The molecule has 0 spiro atoms. The Labute approximate surface area is 89.1 Å². The highest BCUT2D eigenvalue weighted by molar-refractivity contribution is 7.10. The van der Waals surface area contributed by atoms with E-state index in [0.29, 0.717) is 6.04 Å². The molecule has 0 aliphatic rings. The third-order valence-corrected chi connectivity index (χ3v) is 3.94. The van der Waals surface area contributed by atoms with Gasteiger partial charge in [0.2, 0.25) is 0 Å². The second-order valence-electron chi connectivity index (χ2n) is 3.35. The number of hydrogen-bond acceptors (Lipinski definition) is 2. The van der Waals surface area contributed by atoms with Crippen LogP contribution in [-0.4, -0.2) is 6.04 Å². The van der Waals surface area contributed by atoms with E-state index in [1.165, 1.54) is 10.4 Å². The van der Waals surface area contributed by atoms with Crippen LogP contribution in [0.2, 0.25) is 5.02 Å². The van der Waals surface area contributed by atoms with E-state index in [-0.39, 0.29) is 0 Å². The molecule has 3 heteroatoms. The molecule has 13 heavy (non-hydrogen) atoms. The zero-order valence-electron chi connectivity index (χ0n) is 8.36. The summed E-state index contributed by atoms with van der Waals surface area (Å²) in [5.74, 6) is 0. The Morgan fingerprint density at radius 2 is 2.31 bits per heavy atom. The molecule has 0 aromatic carbocycles. The smallest absolute Gasteiger partial charge is 0.0587 e. The summed E-state index contributed by atoms with van der Waals surface area (Å²) in [4.78, 5) is 1.25. The summed E-state index contributed by atoms with van der Waals surface area (Å²) in [6.07, 6.45) is 1.15. The molecule has 0 aliphatic carbocycles. The monoisotopic (exact) mass is 217 g/mol. The van der Waals surface area contributed by atoms with Crippen LogP contribution < -0.4 is 5.32 Å². The summed E-state index contributed by atoms with van der Waals surface area (Å²) in [6.45, 7) is 7.31. The van der Waals surface area contributed by atoms with Crippen LogP contribution in [0.4, 0.5) is 0 Å². The van der Waals surface area contributed by atoms with E-state index < -0.39 is 0 Å². The van der Waals surface area contributed by atoms with Gasteiger partial charge >= 0.3 is 0 Å². The second kappa shape index (κ2) is 4.99. The third-order valence-electron chi connectivity index (χ3n) is 2.19. The predicted molar refractivity (Wildman–Crippen MR) is 60.7 cm³/mol. The summed E-state index contributed by atoms with van der Waals surface area (Å²) < 4.78 is 0. The average molecular weight is 218 g/mol. The molecular formula is C10H16ClNS. The lowest BCUT2D eigenvalue weighted by Crippen LogP contribution is -2.24. The SMILES string of the molecule is CCC(C)NCc1scc(C)c1Cl. The van der Waals surface area contributed by atoms with E-state index in [1.807, 2.05) is 6.92 Å². The molecule has 1 atom stereocenters. The van der Waals surface area contributed by atoms with E-state index >= 15 is 0 Å². The first-order chi connectivity index (χ1) is 6.15. The maximum atomic E-state index is 6.11. The van der Waals surface area contributed by atoms with E-state index in [9.17, 15) is 0 Å². The molecular weight excluding hydrogens is 202 g/mol. The maximum absolute atomic E-state index is 6.11. The van der Waals surface area contributed by atoms with E-state index in [0.717, 1.165) is 18.0 Å². The lowest BCUT2D eigenvalue weighted by Gasteiger charge is -2.09. The van der Waals surface area contributed by atoms with Crippen LogP contribution in [0.3, 0.4) is 0 Å². The standard InChI is InChI=1S/C10H16ClNS/c1-4-8(3)12-5-9-10(11)7(2)6-13-9/h6,8,12H,4-5H2,1-3H3. The minimum Gasteiger partial charge on any atom is -0.309 e. The molecule has 0 radical (unpaired) electrons. The average Bonchev–Trinajstić information content (AvgIpc) is 2.44. The summed E-state index contributed by atoms with van der Waals surface area (Å²) in [7, 11) is 0. The Hall–Kier alpha value is -0.0500. The van der Waals surface area contributed by atoms with Crippen LogP contribution >= 0.6 is 22.9 Å². The molecule has 0 saturated heterocycles. The van der Waals surface area contributed by atoms with Crippen molar-refractivity contribution >= 4 is 22.9 Å². The molecule has 0 bridgehead atoms. The molecule has 1 aromatic rings. The molecule has 0 amide bonds. The van der Waals surface area contributed by atoms with Crippen molar-refractivity contribution in [3.05, 3.63) is 20.8 Å². The highest BCUT2D eigenvalue weighted by Gasteiger charge is 2.06. The van der Waals surface area contributed by atoms with E-state index in [1.54, 1.807) is 11.3 Å². The van der Waals surface area contributed by atoms with Gasteiger partial charge in [0.25, 0.3) is 0 Å². The van der Waals surface area contributed by atoms with Crippen LogP contribution in [0.5, 0.6) is 0 Å². The van der Waals surface area contributed by atoms with Gasteiger partial charge in [-0.15, -0.1) is 11.3 Å². The predicted octanol–water partition coefficient (Wildman–Crippen LogP) is 3.60. The zero-order chi connectivity index (χ0) is 9.84. The second-order valence-corrected chi connectivity index (χ2v) is 4.69. The lowest BCUT2D eigenvalue weighted by atomic mass is 10.2. The van der Waals surface area contributed by atoms with Gasteiger partial charge in [-0.25, -0.2) is 0 Å². The molecule has 1 aromatic heterocycles. The third kappa shape index (κ3) is 2.97. The molecule has 1 rings (SSSR count). The number of thiophene rings is 1. The zero-order valence-corrected chi connectivity index (χ0v) is 9.93. The Morgan fingerprint density at radius 1 is 1.62 bits per heavy atom. The number of nitrogens with one attached hydrogen (secondary N) is 1. The van der Waals surface area contributed by atoms with Gasteiger partial charge in [-0.3, -0.25) is 0 Å². The van der Waals surface area contributed by atoms with Gasteiger partial charge in [-0.2, -0.15) is 0 Å². The first kappa shape index (κ1) is 11.0. The topological polar surface area (TPSA) is 12.0 Å². The molecule has 74 valence electrons. The van der Waals surface area contributed by atoms with Crippen LogP contribution in [-0.2, 0) is 6.54 Å². The maximum Gasteiger partial charge on any atom is 0.0587 e. The van der Waals surface area contributed by atoms with Crippen LogP contribution in [0, 0.1) is 6.92 Å². The molecule has 1 unspecified atom stereocenters. The summed E-state index contributed by atoms with van der Waals surface area (Å²) in [5.41, 5.74) is 1.19.